The molecule has 0 aliphatic carbocycles. The summed E-state index contributed by atoms with van der Waals surface area (Å²) in [5, 5.41) is 3.36. The number of rotatable bonds is 4. The molecule has 0 spiro atoms. The summed E-state index contributed by atoms with van der Waals surface area (Å²) in [6, 6.07) is 0. The third-order valence-corrected chi connectivity index (χ3v) is 3.62. The quantitative estimate of drug-likeness (QED) is 0.819. The van der Waals surface area contributed by atoms with E-state index >= 15 is 0 Å². The van der Waals surface area contributed by atoms with Crippen LogP contribution in [0.2, 0.25) is 0 Å². The number of hydrogen-bond donors (Lipinski definition) is 1. The number of hydrogen-bond acceptors (Lipinski definition) is 4. The summed E-state index contributed by atoms with van der Waals surface area (Å²) < 4.78 is 5.24. The third kappa shape index (κ3) is 1.58. The van der Waals surface area contributed by atoms with E-state index < -0.39 is 0 Å². The van der Waals surface area contributed by atoms with Crippen LogP contribution in [0.4, 0.5) is 0 Å². The van der Waals surface area contributed by atoms with Gasteiger partial charge in [0, 0.05) is 11.9 Å². The van der Waals surface area contributed by atoms with Crippen molar-refractivity contribution < 1.29 is 4.74 Å². The Balaban J connectivity index is 2.15. The molecular formula is C10H16N2OS. The van der Waals surface area contributed by atoms with E-state index in [1.54, 1.807) is 11.3 Å². The largest absolute Gasteiger partial charge is 0.379 e. The fourth-order valence-corrected chi connectivity index (χ4v) is 2.63. The van der Waals surface area contributed by atoms with Crippen LogP contribution in [0.15, 0.2) is 5.38 Å². The van der Waals surface area contributed by atoms with E-state index in [2.05, 4.69) is 17.3 Å². The van der Waals surface area contributed by atoms with Gasteiger partial charge in [0.05, 0.1) is 29.3 Å². The van der Waals surface area contributed by atoms with Gasteiger partial charge in [-0.1, -0.05) is 6.92 Å². The van der Waals surface area contributed by atoms with Crippen molar-refractivity contribution in [3.05, 3.63) is 16.1 Å². The monoisotopic (exact) mass is 212 g/mol. The first kappa shape index (κ1) is 10.1. The first-order chi connectivity index (χ1) is 6.80. The zero-order chi connectivity index (χ0) is 10.0. The minimum atomic E-state index is 0.0302. The lowest BCUT2D eigenvalue weighted by molar-refractivity contribution is -0.0569. The highest BCUT2D eigenvalue weighted by atomic mass is 32.1. The molecule has 1 aromatic heterocycles. The number of nitrogens with zero attached hydrogens (tertiary/aromatic N) is 1. The van der Waals surface area contributed by atoms with Crippen molar-refractivity contribution in [2.75, 3.05) is 19.8 Å². The Bertz CT molecular complexity index is 301. The van der Waals surface area contributed by atoms with E-state index in [1.165, 1.54) is 5.01 Å². The molecular weight excluding hydrogens is 196 g/mol. The smallest absolute Gasteiger partial charge is 0.0928 e. The van der Waals surface area contributed by atoms with E-state index in [0.717, 1.165) is 31.7 Å². The molecule has 0 radical (unpaired) electrons. The maximum Gasteiger partial charge on any atom is 0.0928 e. The van der Waals surface area contributed by atoms with Crippen molar-refractivity contribution in [2.45, 2.75) is 25.2 Å². The number of aryl methyl sites for hydroxylation is 1. The van der Waals surface area contributed by atoms with Gasteiger partial charge in [-0.2, -0.15) is 0 Å². The standard InChI is InChI=1S/C10H16N2OS/c1-2-3-9-12-8(4-14-9)10(5-11)6-13-7-10/h4H,2-3,5-7,11H2,1H3. The van der Waals surface area contributed by atoms with Crippen molar-refractivity contribution >= 4 is 11.3 Å². The minimum absolute atomic E-state index is 0.0302. The van der Waals surface area contributed by atoms with E-state index in [-0.39, 0.29) is 5.41 Å². The SMILES string of the molecule is CCCc1nc(C2(CN)COC2)cs1. The maximum absolute atomic E-state index is 5.77. The van der Waals surface area contributed by atoms with Crippen LogP contribution in [0.5, 0.6) is 0 Å². The number of thiazole rings is 1. The molecule has 0 aromatic carbocycles. The van der Waals surface area contributed by atoms with Gasteiger partial charge in [-0.05, 0) is 12.8 Å². The Kier molecular flexibility index (Phi) is 2.85. The van der Waals surface area contributed by atoms with Crippen molar-refractivity contribution in [3.63, 3.8) is 0 Å². The van der Waals surface area contributed by atoms with Crippen molar-refractivity contribution in [1.29, 1.82) is 0 Å². The van der Waals surface area contributed by atoms with Crippen molar-refractivity contribution in [1.82, 2.24) is 4.98 Å². The third-order valence-electron chi connectivity index (χ3n) is 2.71. The predicted molar refractivity (Wildman–Crippen MR) is 57.7 cm³/mol. The number of aromatic nitrogens is 1. The molecule has 3 nitrogen and oxygen atoms in total. The van der Waals surface area contributed by atoms with Crippen molar-refractivity contribution in [3.8, 4) is 0 Å². The summed E-state index contributed by atoms with van der Waals surface area (Å²) in [5.41, 5.74) is 6.94. The molecule has 2 rings (SSSR count). The van der Waals surface area contributed by atoms with Gasteiger partial charge in [0.25, 0.3) is 0 Å². The molecule has 1 saturated heterocycles. The van der Waals surface area contributed by atoms with Crippen LogP contribution >= 0.6 is 11.3 Å². The Morgan fingerprint density at radius 3 is 2.93 bits per heavy atom. The summed E-state index contributed by atoms with van der Waals surface area (Å²) in [4.78, 5) is 4.62. The predicted octanol–water partition coefficient (Wildman–Crippen LogP) is 1.32. The summed E-state index contributed by atoms with van der Waals surface area (Å²) in [7, 11) is 0. The maximum atomic E-state index is 5.77. The lowest BCUT2D eigenvalue weighted by atomic mass is 9.83. The lowest BCUT2D eigenvalue weighted by Gasteiger charge is -2.39. The van der Waals surface area contributed by atoms with Gasteiger partial charge in [-0.3, -0.25) is 0 Å². The molecule has 1 fully saturated rings. The molecule has 0 unspecified atom stereocenters. The average molecular weight is 212 g/mol. The van der Waals surface area contributed by atoms with Crippen LogP contribution < -0.4 is 5.73 Å². The van der Waals surface area contributed by atoms with Gasteiger partial charge in [0.2, 0.25) is 0 Å². The lowest BCUT2D eigenvalue weighted by Crippen LogP contribution is -2.52. The van der Waals surface area contributed by atoms with Gasteiger partial charge < -0.3 is 10.5 Å². The highest BCUT2D eigenvalue weighted by Crippen LogP contribution is 2.32. The minimum Gasteiger partial charge on any atom is -0.379 e. The zero-order valence-corrected chi connectivity index (χ0v) is 9.27. The Labute approximate surface area is 88.3 Å². The molecule has 0 amide bonds. The molecule has 0 saturated carbocycles. The van der Waals surface area contributed by atoms with Gasteiger partial charge in [0.15, 0.2) is 0 Å². The zero-order valence-electron chi connectivity index (χ0n) is 8.45. The average Bonchev–Trinajstić information content (AvgIpc) is 2.54. The van der Waals surface area contributed by atoms with Crippen LogP contribution in [0.1, 0.15) is 24.0 Å². The first-order valence-corrected chi connectivity index (χ1v) is 5.91. The summed E-state index contributed by atoms with van der Waals surface area (Å²) >= 11 is 1.74. The molecule has 1 aliphatic heterocycles. The normalized spacial score (nSPS) is 19.3. The molecule has 1 aromatic rings. The highest BCUT2D eigenvalue weighted by molar-refractivity contribution is 7.09. The Hall–Kier alpha value is -0.450. The fourth-order valence-electron chi connectivity index (χ4n) is 1.60. The van der Waals surface area contributed by atoms with Crippen LogP contribution in [0.3, 0.4) is 0 Å². The topological polar surface area (TPSA) is 48.1 Å². The van der Waals surface area contributed by atoms with Crippen LogP contribution in [0.25, 0.3) is 0 Å². The van der Waals surface area contributed by atoms with Crippen LogP contribution in [0, 0.1) is 0 Å². The second kappa shape index (κ2) is 3.96. The van der Waals surface area contributed by atoms with Gasteiger partial charge in [-0.25, -0.2) is 4.98 Å². The van der Waals surface area contributed by atoms with E-state index in [9.17, 15) is 0 Å². The van der Waals surface area contributed by atoms with Crippen molar-refractivity contribution in [2.24, 2.45) is 5.73 Å². The molecule has 2 heterocycles. The molecule has 78 valence electrons. The number of ether oxygens (including phenoxy) is 1. The van der Waals surface area contributed by atoms with E-state index in [4.69, 9.17) is 10.5 Å². The summed E-state index contributed by atoms with van der Waals surface area (Å²) in [6.45, 7) is 4.28. The fraction of sp³-hybridized carbons (Fsp3) is 0.700. The molecule has 2 N–H and O–H groups in total. The van der Waals surface area contributed by atoms with Crippen LogP contribution in [-0.2, 0) is 16.6 Å². The molecule has 0 bridgehead atoms. The molecule has 1 aliphatic rings. The van der Waals surface area contributed by atoms with E-state index in [0.29, 0.717) is 6.54 Å². The Morgan fingerprint density at radius 1 is 1.64 bits per heavy atom. The molecule has 4 heteroatoms. The highest BCUT2D eigenvalue weighted by Gasteiger charge is 2.41. The Morgan fingerprint density at radius 2 is 2.43 bits per heavy atom. The van der Waals surface area contributed by atoms with Gasteiger partial charge in [0.1, 0.15) is 0 Å². The summed E-state index contributed by atoms with van der Waals surface area (Å²) in [6.07, 6.45) is 2.23. The van der Waals surface area contributed by atoms with E-state index in [1.807, 2.05) is 0 Å². The second-order valence-electron chi connectivity index (χ2n) is 3.85. The van der Waals surface area contributed by atoms with Gasteiger partial charge >= 0.3 is 0 Å². The number of nitrogens with two attached hydrogens (primary N) is 1. The summed E-state index contributed by atoms with van der Waals surface area (Å²) in [5.74, 6) is 0. The molecule has 0 atom stereocenters. The van der Waals surface area contributed by atoms with Crippen LogP contribution in [-0.4, -0.2) is 24.7 Å². The first-order valence-electron chi connectivity index (χ1n) is 5.03. The second-order valence-corrected chi connectivity index (χ2v) is 4.80. The van der Waals surface area contributed by atoms with Gasteiger partial charge in [-0.15, -0.1) is 11.3 Å². The molecule has 14 heavy (non-hydrogen) atoms.